The van der Waals surface area contributed by atoms with Gasteiger partial charge in [-0.1, -0.05) is 18.6 Å². The van der Waals surface area contributed by atoms with E-state index in [4.69, 9.17) is 0 Å². The Bertz CT molecular complexity index is 479. The first-order chi connectivity index (χ1) is 9.79. The van der Waals surface area contributed by atoms with Crippen molar-refractivity contribution in [3.8, 4) is 0 Å². The lowest BCUT2D eigenvalue weighted by molar-refractivity contribution is 0.139. The standard InChI is InChI=1S/C16H30N2O2S/c1-13-6-5-7-14(2)16(13)12-17(3)15-8-10-18(11-9-15)21(4,19)20/h6,14-16H,5,7-12H2,1-4H3/t14-,16+/m1/s1. The normalized spacial score (nSPS) is 29.7. The monoisotopic (exact) mass is 314 g/mol. The number of nitrogens with zero attached hydrogens (tertiary/aromatic N) is 2. The minimum Gasteiger partial charge on any atom is -0.303 e. The lowest BCUT2D eigenvalue weighted by Crippen LogP contribution is -2.47. The van der Waals surface area contributed by atoms with Crippen LogP contribution in [0.4, 0.5) is 0 Å². The van der Waals surface area contributed by atoms with Gasteiger partial charge in [-0.2, -0.15) is 0 Å². The van der Waals surface area contributed by atoms with E-state index in [1.807, 2.05) is 0 Å². The Balaban J connectivity index is 1.89. The third-order valence-corrected chi connectivity index (χ3v) is 6.66. The maximum atomic E-state index is 11.6. The van der Waals surface area contributed by atoms with Crippen LogP contribution in [-0.4, -0.2) is 56.6 Å². The number of rotatable bonds is 4. The highest BCUT2D eigenvalue weighted by molar-refractivity contribution is 7.88. The molecule has 2 aliphatic rings. The first-order valence-corrected chi connectivity index (χ1v) is 9.96. The third kappa shape index (κ3) is 4.30. The van der Waals surface area contributed by atoms with Gasteiger partial charge in [-0.25, -0.2) is 12.7 Å². The van der Waals surface area contributed by atoms with Gasteiger partial charge in [-0.05, 0) is 51.5 Å². The van der Waals surface area contributed by atoms with Crippen molar-refractivity contribution in [2.45, 2.75) is 45.6 Å². The molecule has 1 aliphatic heterocycles. The summed E-state index contributed by atoms with van der Waals surface area (Å²) in [6.07, 6.45) is 8.13. The molecule has 0 bridgehead atoms. The molecule has 1 saturated heterocycles. The molecule has 0 aromatic carbocycles. The molecule has 0 unspecified atom stereocenters. The second-order valence-electron chi connectivity index (χ2n) is 6.94. The van der Waals surface area contributed by atoms with Gasteiger partial charge in [0.2, 0.25) is 10.0 Å². The maximum Gasteiger partial charge on any atom is 0.211 e. The third-order valence-electron chi connectivity index (χ3n) is 5.36. The van der Waals surface area contributed by atoms with Crippen LogP contribution >= 0.6 is 0 Å². The zero-order chi connectivity index (χ0) is 15.6. The van der Waals surface area contributed by atoms with Crippen molar-refractivity contribution in [1.82, 2.24) is 9.21 Å². The summed E-state index contributed by atoms with van der Waals surface area (Å²) in [7, 11) is -0.810. The largest absolute Gasteiger partial charge is 0.303 e. The highest BCUT2D eigenvalue weighted by atomic mass is 32.2. The molecular weight excluding hydrogens is 284 g/mol. The first kappa shape index (κ1) is 17.0. The van der Waals surface area contributed by atoms with E-state index in [2.05, 4.69) is 31.9 Å². The molecule has 122 valence electrons. The molecule has 0 spiro atoms. The molecule has 21 heavy (non-hydrogen) atoms. The second-order valence-corrected chi connectivity index (χ2v) is 8.92. The number of hydrogen-bond acceptors (Lipinski definition) is 3. The fraction of sp³-hybridized carbons (Fsp3) is 0.875. The predicted octanol–water partition coefficient (Wildman–Crippen LogP) is 2.33. The lowest BCUT2D eigenvalue weighted by atomic mass is 9.79. The zero-order valence-corrected chi connectivity index (χ0v) is 14.7. The lowest BCUT2D eigenvalue weighted by Gasteiger charge is -2.39. The molecule has 0 aromatic rings. The molecule has 0 radical (unpaired) electrons. The summed E-state index contributed by atoms with van der Waals surface area (Å²) < 4.78 is 24.8. The van der Waals surface area contributed by atoms with Crippen LogP contribution in [0.15, 0.2) is 11.6 Å². The number of hydrogen-bond donors (Lipinski definition) is 0. The summed E-state index contributed by atoms with van der Waals surface area (Å²) >= 11 is 0. The van der Waals surface area contributed by atoms with Crippen LogP contribution in [0, 0.1) is 11.8 Å². The highest BCUT2D eigenvalue weighted by Gasteiger charge is 2.30. The van der Waals surface area contributed by atoms with E-state index < -0.39 is 10.0 Å². The van der Waals surface area contributed by atoms with E-state index in [0.29, 0.717) is 25.0 Å². The van der Waals surface area contributed by atoms with E-state index in [1.165, 1.54) is 24.7 Å². The van der Waals surface area contributed by atoms with Crippen molar-refractivity contribution in [2.75, 3.05) is 32.9 Å². The van der Waals surface area contributed by atoms with Gasteiger partial charge < -0.3 is 4.90 Å². The van der Waals surface area contributed by atoms with Crippen LogP contribution in [0.1, 0.15) is 39.5 Å². The van der Waals surface area contributed by atoms with Crippen LogP contribution in [-0.2, 0) is 10.0 Å². The van der Waals surface area contributed by atoms with E-state index in [0.717, 1.165) is 25.3 Å². The molecule has 1 fully saturated rings. The Hall–Kier alpha value is -0.390. The molecule has 0 aromatic heterocycles. The van der Waals surface area contributed by atoms with Gasteiger partial charge >= 0.3 is 0 Å². The number of piperidine rings is 1. The van der Waals surface area contributed by atoms with E-state index >= 15 is 0 Å². The van der Waals surface area contributed by atoms with Crippen molar-refractivity contribution in [3.05, 3.63) is 11.6 Å². The van der Waals surface area contributed by atoms with Gasteiger partial charge in [0.1, 0.15) is 0 Å². The van der Waals surface area contributed by atoms with E-state index in [1.54, 1.807) is 4.31 Å². The Labute approximate surface area is 130 Å². The van der Waals surface area contributed by atoms with Gasteiger partial charge in [0.25, 0.3) is 0 Å². The van der Waals surface area contributed by atoms with E-state index in [9.17, 15) is 8.42 Å². The maximum absolute atomic E-state index is 11.6. The SMILES string of the molecule is CC1=CCC[C@@H](C)[C@H]1CN(C)C1CCN(S(C)(=O)=O)CC1. The molecule has 0 saturated carbocycles. The summed E-state index contributed by atoms with van der Waals surface area (Å²) in [4.78, 5) is 2.46. The Kier molecular flexibility index (Phi) is 5.49. The Morgan fingerprint density at radius 3 is 2.43 bits per heavy atom. The molecule has 4 nitrogen and oxygen atoms in total. The fourth-order valence-corrected chi connectivity index (χ4v) is 4.65. The molecular formula is C16H30N2O2S. The molecule has 1 aliphatic carbocycles. The molecule has 0 amide bonds. The zero-order valence-electron chi connectivity index (χ0n) is 13.9. The van der Waals surface area contributed by atoms with Crippen LogP contribution in [0.2, 0.25) is 0 Å². The first-order valence-electron chi connectivity index (χ1n) is 8.11. The van der Waals surface area contributed by atoms with Crippen molar-refractivity contribution in [1.29, 1.82) is 0 Å². The Morgan fingerprint density at radius 1 is 1.29 bits per heavy atom. The predicted molar refractivity (Wildman–Crippen MR) is 87.7 cm³/mol. The summed E-state index contributed by atoms with van der Waals surface area (Å²) in [6.45, 7) is 7.07. The highest BCUT2D eigenvalue weighted by Crippen LogP contribution is 2.31. The van der Waals surface area contributed by atoms with Gasteiger partial charge in [0.15, 0.2) is 0 Å². The number of sulfonamides is 1. The molecule has 5 heteroatoms. The van der Waals surface area contributed by atoms with Gasteiger partial charge in [-0.3, -0.25) is 0 Å². The van der Waals surface area contributed by atoms with Gasteiger partial charge in [0.05, 0.1) is 6.26 Å². The molecule has 1 heterocycles. The summed E-state index contributed by atoms with van der Waals surface area (Å²) in [5, 5.41) is 0. The van der Waals surface area contributed by atoms with Crippen LogP contribution < -0.4 is 0 Å². The average molecular weight is 314 g/mol. The minimum absolute atomic E-state index is 0.518. The van der Waals surface area contributed by atoms with Gasteiger partial charge in [-0.15, -0.1) is 0 Å². The van der Waals surface area contributed by atoms with Crippen LogP contribution in [0.5, 0.6) is 0 Å². The van der Waals surface area contributed by atoms with Crippen molar-refractivity contribution in [3.63, 3.8) is 0 Å². The van der Waals surface area contributed by atoms with Crippen LogP contribution in [0.3, 0.4) is 0 Å². The molecule has 2 rings (SSSR count). The van der Waals surface area contributed by atoms with Crippen molar-refractivity contribution in [2.24, 2.45) is 11.8 Å². The molecule has 0 N–H and O–H groups in total. The molecule has 2 atom stereocenters. The van der Waals surface area contributed by atoms with E-state index in [-0.39, 0.29) is 0 Å². The second kappa shape index (κ2) is 6.80. The quantitative estimate of drug-likeness (QED) is 0.748. The summed E-state index contributed by atoms with van der Waals surface area (Å²) in [6, 6.07) is 0.518. The van der Waals surface area contributed by atoms with Crippen molar-refractivity contribution < 1.29 is 8.42 Å². The summed E-state index contributed by atoms with van der Waals surface area (Å²) in [5.74, 6) is 1.42. The fourth-order valence-electron chi connectivity index (χ4n) is 3.77. The smallest absolute Gasteiger partial charge is 0.211 e. The topological polar surface area (TPSA) is 40.6 Å². The van der Waals surface area contributed by atoms with Crippen molar-refractivity contribution >= 4 is 10.0 Å². The average Bonchev–Trinajstić information content (AvgIpc) is 2.42. The Morgan fingerprint density at radius 2 is 1.90 bits per heavy atom. The minimum atomic E-state index is -3.01. The van der Waals surface area contributed by atoms with Crippen LogP contribution in [0.25, 0.3) is 0 Å². The summed E-state index contributed by atoms with van der Waals surface area (Å²) in [5.41, 5.74) is 1.54. The number of allylic oxidation sites excluding steroid dienone is 1. The van der Waals surface area contributed by atoms with Gasteiger partial charge in [0, 0.05) is 25.7 Å².